The second kappa shape index (κ2) is 21.0. The van der Waals surface area contributed by atoms with E-state index in [1.807, 2.05) is 24.0 Å². The van der Waals surface area contributed by atoms with Gasteiger partial charge in [-0.15, -0.1) is 0 Å². The fourth-order valence-corrected chi connectivity index (χ4v) is 8.49. The Morgan fingerprint density at radius 2 is 1.28 bits per heavy atom. The van der Waals surface area contributed by atoms with Crippen molar-refractivity contribution in [2.24, 2.45) is 14.1 Å². The standard InChI is InChI=1S/C29H29F2N7O4.C18H14BrF2N3O2/c1-18-15-36(26(40)17-39)9-10-37(18)29-33-13-22(14-34-29)20-4-5-23-24(12-20)38(35(2)27(23)41)16-21-11-19(7-8-32)3-6-25(21)42-28(30)31;1-23-17(25)14-4-3-13(19)9-15(14)24(23)10-12-8-11(6-7-22)2-5-16(12)26-18(20)21/h3-6,11-14,18,28,39H,7,9-10,15-17H2,1-2H3;2-5,8-9,18H,6,10H2,1H3/t18-;/m1./s1. The Morgan fingerprint density at radius 1 is 0.765 bits per heavy atom. The van der Waals surface area contributed by atoms with Gasteiger partial charge in [0.05, 0.1) is 59.9 Å². The molecule has 3 aromatic heterocycles. The van der Waals surface area contributed by atoms with E-state index in [0.29, 0.717) is 75.2 Å². The molecule has 1 fully saturated rings. The summed E-state index contributed by atoms with van der Waals surface area (Å²) in [6.45, 7) is -2.90. The van der Waals surface area contributed by atoms with Crippen molar-refractivity contribution in [3.63, 3.8) is 0 Å². The number of aromatic nitrogens is 6. The van der Waals surface area contributed by atoms with Gasteiger partial charge in [-0.2, -0.15) is 28.1 Å². The van der Waals surface area contributed by atoms with E-state index in [1.54, 1.807) is 95.3 Å². The summed E-state index contributed by atoms with van der Waals surface area (Å²) in [6.07, 6.45) is 3.63. The number of hydrogen-bond donors (Lipinski definition) is 1. The summed E-state index contributed by atoms with van der Waals surface area (Å²) in [6, 6.07) is 23.9. The number of piperazine rings is 1. The van der Waals surface area contributed by atoms with Crippen molar-refractivity contribution in [2.75, 3.05) is 31.1 Å². The molecule has 352 valence electrons. The molecule has 0 bridgehead atoms. The fourth-order valence-electron chi connectivity index (χ4n) is 8.14. The number of aliphatic hydroxyl groups is 1. The summed E-state index contributed by atoms with van der Waals surface area (Å²) in [5, 5.41) is 28.1. The molecule has 0 aliphatic carbocycles. The zero-order valence-electron chi connectivity index (χ0n) is 36.8. The van der Waals surface area contributed by atoms with Crippen molar-refractivity contribution in [1.82, 2.24) is 33.6 Å². The quantitative estimate of drug-likeness (QED) is 0.127. The highest BCUT2D eigenvalue weighted by Gasteiger charge is 2.28. The van der Waals surface area contributed by atoms with Gasteiger partial charge in [0.2, 0.25) is 11.9 Å². The van der Waals surface area contributed by atoms with Gasteiger partial charge >= 0.3 is 13.2 Å². The van der Waals surface area contributed by atoms with Gasteiger partial charge in [-0.3, -0.25) is 33.1 Å². The summed E-state index contributed by atoms with van der Waals surface area (Å²) in [7, 11) is 3.21. The minimum Gasteiger partial charge on any atom is -0.434 e. The number of carbonyl (C=O) groups excluding carboxylic acids is 1. The molecule has 1 amide bonds. The lowest BCUT2D eigenvalue weighted by atomic mass is 10.1. The molecule has 1 saturated heterocycles. The number of ether oxygens (including phenoxy) is 2. The average molecular weight is 1000 g/mol. The molecule has 4 heterocycles. The highest BCUT2D eigenvalue weighted by Crippen LogP contribution is 2.29. The van der Waals surface area contributed by atoms with Crippen molar-refractivity contribution < 1.29 is 36.9 Å². The van der Waals surface area contributed by atoms with Crippen molar-refractivity contribution in [2.45, 2.75) is 52.1 Å². The van der Waals surface area contributed by atoms with Gasteiger partial charge in [0, 0.05) is 73.3 Å². The van der Waals surface area contributed by atoms with Gasteiger partial charge in [-0.1, -0.05) is 34.1 Å². The Hall–Kier alpha value is -7.49. The summed E-state index contributed by atoms with van der Waals surface area (Å²) in [5.41, 5.74) is 4.48. The first kappa shape index (κ1) is 48.4. The lowest BCUT2D eigenvalue weighted by Crippen LogP contribution is -2.54. The second-order valence-corrected chi connectivity index (χ2v) is 16.7. The molecule has 8 rings (SSSR count). The lowest BCUT2D eigenvalue weighted by molar-refractivity contribution is -0.134. The molecular formula is C47H43BrF4N10O6. The number of rotatable bonds is 13. The van der Waals surface area contributed by atoms with Gasteiger partial charge < -0.3 is 24.4 Å². The maximum Gasteiger partial charge on any atom is 0.387 e. The molecule has 4 aromatic carbocycles. The van der Waals surface area contributed by atoms with Crippen LogP contribution in [-0.4, -0.2) is 90.1 Å². The highest BCUT2D eigenvalue weighted by molar-refractivity contribution is 9.10. The number of carbonyl (C=O) groups is 1. The molecule has 1 aliphatic heterocycles. The molecule has 0 spiro atoms. The van der Waals surface area contributed by atoms with Gasteiger partial charge in [-0.25, -0.2) is 9.97 Å². The van der Waals surface area contributed by atoms with Crippen molar-refractivity contribution in [3.05, 3.63) is 133 Å². The van der Waals surface area contributed by atoms with Crippen LogP contribution in [0.25, 0.3) is 32.9 Å². The van der Waals surface area contributed by atoms with E-state index in [0.717, 1.165) is 10.0 Å². The number of nitrogens with zero attached hydrogens (tertiary/aromatic N) is 10. The maximum atomic E-state index is 13.1. The SMILES string of the molecule is C[C@@H]1CN(C(=O)CO)CCN1c1ncc(-c2ccc3c(=O)n(C)n(Cc4cc(CC#N)ccc4OC(F)F)c3c2)cn1.Cn1c(=O)c2ccc(Br)cc2n1Cc1cc(CC#N)ccc1OC(F)F. The van der Waals surface area contributed by atoms with E-state index in [9.17, 15) is 31.9 Å². The molecule has 7 aromatic rings. The van der Waals surface area contributed by atoms with Crippen LogP contribution in [0.5, 0.6) is 11.5 Å². The molecule has 0 radical (unpaired) electrons. The number of nitriles is 2. The Labute approximate surface area is 394 Å². The van der Waals surface area contributed by atoms with Crippen LogP contribution >= 0.6 is 15.9 Å². The van der Waals surface area contributed by atoms with E-state index in [1.165, 1.54) is 21.5 Å². The summed E-state index contributed by atoms with van der Waals surface area (Å²) < 4.78 is 68.1. The van der Waals surface area contributed by atoms with E-state index in [2.05, 4.69) is 36.7 Å². The van der Waals surface area contributed by atoms with Crippen LogP contribution in [0.3, 0.4) is 0 Å². The first-order valence-electron chi connectivity index (χ1n) is 21.0. The molecule has 1 atom stereocenters. The van der Waals surface area contributed by atoms with Gasteiger partial charge in [0.15, 0.2) is 0 Å². The Morgan fingerprint density at radius 3 is 1.76 bits per heavy atom. The molecule has 21 heteroatoms. The summed E-state index contributed by atoms with van der Waals surface area (Å²) in [5.74, 6) is 0.201. The first-order valence-corrected chi connectivity index (χ1v) is 21.8. The van der Waals surface area contributed by atoms with Crippen LogP contribution < -0.4 is 25.5 Å². The number of alkyl halides is 4. The number of aliphatic hydroxyl groups excluding tert-OH is 1. The second-order valence-electron chi connectivity index (χ2n) is 15.8. The number of anilines is 1. The molecule has 0 unspecified atom stereocenters. The minimum absolute atomic E-state index is 0.0194. The summed E-state index contributed by atoms with van der Waals surface area (Å²) >= 11 is 3.38. The predicted molar refractivity (Wildman–Crippen MR) is 247 cm³/mol. The van der Waals surface area contributed by atoms with Crippen molar-refractivity contribution >= 4 is 49.6 Å². The zero-order chi connectivity index (χ0) is 48.8. The van der Waals surface area contributed by atoms with Gasteiger partial charge in [0.25, 0.3) is 11.1 Å². The van der Waals surface area contributed by atoms with Gasteiger partial charge in [-0.05, 0) is 78.2 Å². The monoisotopic (exact) mass is 998 g/mol. The molecule has 16 nitrogen and oxygen atoms in total. The van der Waals surface area contributed by atoms with Crippen LogP contribution in [0.15, 0.2) is 99.3 Å². The Kier molecular flexibility index (Phi) is 15.0. The third-order valence-electron chi connectivity index (χ3n) is 11.5. The largest absolute Gasteiger partial charge is 0.434 e. The van der Waals surface area contributed by atoms with E-state index in [4.69, 9.17) is 20.4 Å². The Bertz CT molecular complexity index is 3190. The zero-order valence-corrected chi connectivity index (χ0v) is 38.4. The van der Waals surface area contributed by atoms with E-state index < -0.39 is 19.8 Å². The molecule has 68 heavy (non-hydrogen) atoms. The lowest BCUT2D eigenvalue weighted by Gasteiger charge is -2.39. The molecule has 1 N–H and O–H groups in total. The molecular weight excluding hydrogens is 956 g/mol. The average Bonchev–Trinajstić information content (AvgIpc) is 3.69. The topological polar surface area (TPSA) is 189 Å². The van der Waals surface area contributed by atoms with E-state index in [-0.39, 0.29) is 60.5 Å². The maximum absolute atomic E-state index is 13.1. The van der Waals surface area contributed by atoms with Crippen LogP contribution in [0, 0.1) is 22.7 Å². The smallest absolute Gasteiger partial charge is 0.387 e. The van der Waals surface area contributed by atoms with Crippen LogP contribution in [0.4, 0.5) is 23.5 Å². The number of hydrogen-bond acceptors (Lipinski definition) is 11. The summed E-state index contributed by atoms with van der Waals surface area (Å²) in [4.78, 5) is 50.0. The van der Waals surface area contributed by atoms with Crippen LogP contribution in [-0.2, 0) is 44.8 Å². The third kappa shape index (κ3) is 10.5. The minimum atomic E-state index is -3.03. The van der Waals surface area contributed by atoms with Crippen LogP contribution in [0.2, 0.25) is 0 Å². The third-order valence-corrected chi connectivity index (χ3v) is 12.0. The molecule has 0 saturated carbocycles. The Balaban J connectivity index is 0.000000225. The number of benzene rings is 4. The first-order chi connectivity index (χ1) is 32.6. The van der Waals surface area contributed by atoms with Gasteiger partial charge in [0.1, 0.15) is 18.1 Å². The predicted octanol–water partition coefficient (Wildman–Crippen LogP) is 6.36. The normalized spacial score (nSPS) is 13.7. The number of fused-ring (bicyclic) bond motifs is 2. The molecule has 1 aliphatic rings. The van der Waals surface area contributed by atoms with Crippen molar-refractivity contribution in [1.29, 1.82) is 10.5 Å². The van der Waals surface area contributed by atoms with Crippen molar-refractivity contribution in [3.8, 4) is 34.8 Å². The van der Waals surface area contributed by atoms with Crippen LogP contribution in [0.1, 0.15) is 29.2 Å². The highest BCUT2D eigenvalue weighted by atomic mass is 79.9. The van der Waals surface area contributed by atoms with E-state index >= 15 is 0 Å². The number of halogens is 5. The number of amides is 1. The fraction of sp³-hybridized carbons (Fsp3) is 0.298.